The van der Waals surface area contributed by atoms with Gasteiger partial charge in [-0.2, -0.15) is 4.40 Å². The van der Waals surface area contributed by atoms with Gasteiger partial charge in [-0.05, 0) is 54.3 Å². The number of nitrogens with zero attached hydrogens (tertiary/aromatic N) is 2. The van der Waals surface area contributed by atoms with Crippen molar-refractivity contribution in [3.8, 4) is 0 Å². The number of para-hydroxylation sites is 2. The van der Waals surface area contributed by atoms with E-state index in [1.54, 1.807) is 0 Å². The van der Waals surface area contributed by atoms with Crippen LogP contribution in [0.15, 0.2) is 95.4 Å². The fourth-order valence-electron chi connectivity index (χ4n) is 5.99. The molecule has 0 amide bonds. The van der Waals surface area contributed by atoms with Gasteiger partial charge in [-0.25, -0.2) is 4.57 Å². The standard InChI is InChI=1S/C31H21N2O/c1-18-8-7-11-22-20-9-3-5-12-25(20)33-30-23-17-28-24(21-10-4-6-13-27(21)34-28)16-19(23)14-15-26(30)32(2)31(33)29(18)22/h3-17H,1-2H3/q+1. The van der Waals surface area contributed by atoms with E-state index in [-0.39, 0.29) is 0 Å². The molecule has 0 radical (unpaired) electrons. The first-order valence-corrected chi connectivity index (χ1v) is 11.7. The SMILES string of the molecule is Cc1cccc2c3ccccc3n3c4c5cc6oc7ccccc7c6cc5ccc4[n+](C)c3c12. The molecule has 3 aromatic heterocycles. The minimum Gasteiger partial charge on any atom is -0.456 e. The number of furan rings is 1. The third-order valence-corrected chi connectivity index (χ3v) is 7.51. The fraction of sp³-hybridized carbons (Fsp3) is 0.0645. The monoisotopic (exact) mass is 437 g/mol. The van der Waals surface area contributed by atoms with Gasteiger partial charge >= 0.3 is 0 Å². The van der Waals surface area contributed by atoms with Gasteiger partial charge in [-0.15, -0.1) is 0 Å². The highest BCUT2D eigenvalue weighted by Crippen LogP contribution is 2.38. The first-order chi connectivity index (χ1) is 16.7. The van der Waals surface area contributed by atoms with Crippen molar-refractivity contribution < 1.29 is 8.98 Å². The van der Waals surface area contributed by atoms with Gasteiger partial charge < -0.3 is 4.42 Å². The van der Waals surface area contributed by atoms with Crippen LogP contribution in [0.3, 0.4) is 0 Å². The molecule has 0 spiro atoms. The van der Waals surface area contributed by atoms with Crippen LogP contribution < -0.4 is 4.57 Å². The summed E-state index contributed by atoms with van der Waals surface area (Å²) in [5.41, 5.74) is 8.03. The molecule has 160 valence electrons. The Morgan fingerprint density at radius 3 is 2.38 bits per heavy atom. The molecule has 0 atom stereocenters. The summed E-state index contributed by atoms with van der Waals surface area (Å²) in [6.45, 7) is 2.21. The van der Waals surface area contributed by atoms with E-state index in [1.807, 2.05) is 12.1 Å². The van der Waals surface area contributed by atoms with E-state index >= 15 is 0 Å². The van der Waals surface area contributed by atoms with Crippen LogP contribution in [0.5, 0.6) is 0 Å². The average Bonchev–Trinajstić information content (AvgIpc) is 3.38. The number of hydrogen-bond acceptors (Lipinski definition) is 1. The third-order valence-electron chi connectivity index (χ3n) is 7.51. The summed E-state index contributed by atoms with van der Waals surface area (Å²) in [6, 6.07) is 32.7. The van der Waals surface area contributed by atoms with Crippen molar-refractivity contribution in [2.24, 2.45) is 7.05 Å². The molecule has 3 nitrogen and oxygen atoms in total. The lowest BCUT2D eigenvalue weighted by Gasteiger charge is -2.07. The Hall–Kier alpha value is -4.37. The second kappa shape index (κ2) is 6.15. The van der Waals surface area contributed by atoms with Crippen molar-refractivity contribution in [3.63, 3.8) is 0 Å². The molecule has 0 aliphatic heterocycles. The van der Waals surface area contributed by atoms with Gasteiger partial charge in [-0.1, -0.05) is 54.6 Å². The molecule has 0 unspecified atom stereocenters. The molecule has 0 saturated heterocycles. The Balaban J connectivity index is 1.70. The third kappa shape index (κ3) is 2.10. The fourth-order valence-corrected chi connectivity index (χ4v) is 5.99. The Morgan fingerprint density at radius 1 is 0.676 bits per heavy atom. The van der Waals surface area contributed by atoms with Gasteiger partial charge in [0, 0.05) is 26.9 Å². The maximum absolute atomic E-state index is 6.29. The molecule has 8 aromatic rings. The minimum absolute atomic E-state index is 0.931. The second-order valence-electron chi connectivity index (χ2n) is 9.33. The molecule has 34 heavy (non-hydrogen) atoms. The van der Waals surface area contributed by atoms with Gasteiger partial charge in [0.05, 0.1) is 12.4 Å². The number of aromatic nitrogens is 2. The Labute approximate surface area is 195 Å². The molecule has 0 N–H and O–H groups in total. The maximum Gasteiger partial charge on any atom is 0.295 e. The van der Waals surface area contributed by atoms with Crippen molar-refractivity contribution in [1.29, 1.82) is 0 Å². The summed E-state index contributed by atoms with van der Waals surface area (Å²) < 4.78 is 11.1. The van der Waals surface area contributed by atoms with E-state index in [1.165, 1.54) is 60.1 Å². The summed E-state index contributed by atoms with van der Waals surface area (Å²) in [7, 11) is 2.18. The van der Waals surface area contributed by atoms with Crippen LogP contribution in [0.2, 0.25) is 0 Å². The quantitative estimate of drug-likeness (QED) is 0.177. The van der Waals surface area contributed by atoms with Crippen LogP contribution in [-0.2, 0) is 7.05 Å². The Bertz CT molecular complexity index is 2140. The molecule has 5 aromatic carbocycles. The molecule has 0 fully saturated rings. The number of pyridine rings is 1. The number of benzene rings is 5. The van der Waals surface area contributed by atoms with E-state index in [4.69, 9.17) is 4.42 Å². The average molecular weight is 438 g/mol. The Morgan fingerprint density at radius 2 is 1.47 bits per heavy atom. The molecular weight excluding hydrogens is 416 g/mol. The molecule has 3 heteroatoms. The zero-order valence-corrected chi connectivity index (χ0v) is 19.0. The summed E-state index contributed by atoms with van der Waals surface area (Å²) >= 11 is 0. The predicted octanol–water partition coefficient (Wildman–Crippen LogP) is 7.58. The highest BCUT2D eigenvalue weighted by Gasteiger charge is 2.26. The normalized spacial score (nSPS) is 12.4. The summed E-state index contributed by atoms with van der Waals surface area (Å²) in [5.74, 6) is 0. The lowest BCUT2D eigenvalue weighted by atomic mass is 10.0. The van der Waals surface area contributed by atoms with Crippen molar-refractivity contribution in [1.82, 2.24) is 4.40 Å². The zero-order valence-electron chi connectivity index (χ0n) is 19.0. The van der Waals surface area contributed by atoms with Gasteiger partial charge in [0.25, 0.3) is 5.65 Å². The second-order valence-corrected chi connectivity index (χ2v) is 9.33. The van der Waals surface area contributed by atoms with Crippen LogP contribution in [-0.4, -0.2) is 4.40 Å². The van der Waals surface area contributed by atoms with Gasteiger partial charge in [0.1, 0.15) is 16.7 Å². The number of imidazole rings is 1. The lowest BCUT2D eigenvalue weighted by molar-refractivity contribution is -0.617. The molecule has 0 saturated carbocycles. The van der Waals surface area contributed by atoms with Crippen LogP contribution in [0.4, 0.5) is 0 Å². The highest BCUT2D eigenvalue weighted by molar-refractivity contribution is 6.18. The van der Waals surface area contributed by atoms with Gasteiger partial charge in [0.2, 0.25) is 0 Å². The first-order valence-electron chi connectivity index (χ1n) is 11.7. The van der Waals surface area contributed by atoms with Crippen LogP contribution >= 0.6 is 0 Å². The largest absolute Gasteiger partial charge is 0.456 e. The summed E-state index contributed by atoms with van der Waals surface area (Å²) in [6.07, 6.45) is 0. The van der Waals surface area contributed by atoms with Crippen molar-refractivity contribution in [3.05, 3.63) is 96.6 Å². The van der Waals surface area contributed by atoms with E-state index in [0.29, 0.717) is 0 Å². The topological polar surface area (TPSA) is 21.4 Å². The molecule has 3 heterocycles. The zero-order chi connectivity index (χ0) is 22.6. The van der Waals surface area contributed by atoms with Gasteiger partial charge in [-0.3, -0.25) is 0 Å². The molecule has 0 aliphatic rings. The van der Waals surface area contributed by atoms with E-state index < -0.39 is 0 Å². The highest BCUT2D eigenvalue weighted by atomic mass is 16.3. The van der Waals surface area contributed by atoms with Crippen LogP contribution in [0.1, 0.15) is 5.56 Å². The predicted molar refractivity (Wildman–Crippen MR) is 141 cm³/mol. The number of fused-ring (bicyclic) bond motifs is 13. The van der Waals surface area contributed by atoms with Crippen molar-refractivity contribution in [2.75, 3.05) is 0 Å². The smallest absolute Gasteiger partial charge is 0.295 e. The van der Waals surface area contributed by atoms with E-state index in [9.17, 15) is 0 Å². The Kier molecular flexibility index (Phi) is 3.27. The molecular formula is C31H21N2O+. The van der Waals surface area contributed by atoms with E-state index in [2.05, 4.69) is 102 Å². The molecule has 0 bridgehead atoms. The molecule has 0 aliphatic carbocycles. The first kappa shape index (κ1) is 18.1. The van der Waals surface area contributed by atoms with Crippen LogP contribution in [0, 0.1) is 6.92 Å². The van der Waals surface area contributed by atoms with Gasteiger partial charge in [0.15, 0.2) is 11.0 Å². The maximum atomic E-state index is 6.29. The van der Waals surface area contributed by atoms with E-state index in [0.717, 1.165) is 16.6 Å². The lowest BCUT2D eigenvalue weighted by Crippen LogP contribution is -2.27. The molecule has 8 rings (SSSR count). The minimum atomic E-state index is 0.931. The number of hydrogen-bond donors (Lipinski definition) is 0. The number of aryl methyl sites for hydroxylation is 2. The summed E-state index contributed by atoms with van der Waals surface area (Å²) in [5, 5.41) is 8.63. The van der Waals surface area contributed by atoms with Crippen molar-refractivity contribution in [2.45, 2.75) is 6.92 Å². The summed E-state index contributed by atoms with van der Waals surface area (Å²) in [4.78, 5) is 0. The van der Waals surface area contributed by atoms with Crippen LogP contribution in [0.25, 0.3) is 71.1 Å². The van der Waals surface area contributed by atoms with Crippen molar-refractivity contribution >= 4 is 71.1 Å². The number of rotatable bonds is 0.